The van der Waals surface area contributed by atoms with Crippen LogP contribution in [0.2, 0.25) is 0 Å². The molecule has 0 radical (unpaired) electrons. The fraction of sp³-hybridized carbons (Fsp3) is 0.375. The monoisotopic (exact) mass is 180 g/mol. The number of nitrogens with one attached hydrogen (secondary N) is 1. The normalized spacial score (nSPS) is 19.8. The Morgan fingerprint density at radius 3 is 3.15 bits per heavy atom. The first kappa shape index (κ1) is 7.97. The second kappa shape index (κ2) is 2.69. The lowest BCUT2D eigenvalue weighted by molar-refractivity contribution is -0.138. The third-order valence-electron chi connectivity index (χ3n) is 2.28. The number of carboxylic acid groups (broad SMARTS) is 1. The van der Waals surface area contributed by atoms with E-state index in [1.807, 2.05) is 0 Å². The average molecular weight is 180 g/mol. The molecule has 1 aliphatic rings. The van der Waals surface area contributed by atoms with Crippen LogP contribution in [0.3, 0.4) is 0 Å². The molecule has 1 atom stereocenters. The third-order valence-corrected chi connectivity index (χ3v) is 2.28. The van der Waals surface area contributed by atoms with Crippen LogP contribution in [0, 0.1) is 0 Å². The average Bonchev–Trinajstić information content (AvgIpc) is 2.46. The molecule has 0 amide bonds. The molecule has 13 heavy (non-hydrogen) atoms. The van der Waals surface area contributed by atoms with Crippen molar-refractivity contribution in [2.45, 2.75) is 18.8 Å². The van der Waals surface area contributed by atoms with E-state index in [4.69, 9.17) is 5.11 Å². The molecular formula is C8H8N2O3. The molecule has 0 aromatic carbocycles. The highest BCUT2D eigenvalue weighted by atomic mass is 16.4. The van der Waals surface area contributed by atoms with Gasteiger partial charge in [0.2, 0.25) is 0 Å². The van der Waals surface area contributed by atoms with Crippen LogP contribution in [0.25, 0.3) is 0 Å². The van der Waals surface area contributed by atoms with Crippen molar-refractivity contribution in [1.82, 2.24) is 9.97 Å². The molecule has 1 aliphatic carbocycles. The van der Waals surface area contributed by atoms with Crippen LogP contribution in [0.1, 0.15) is 23.6 Å². The van der Waals surface area contributed by atoms with Crippen LogP contribution in [-0.2, 0) is 11.2 Å². The van der Waals surface area contributed by atoms with E-state index < -0.39 is 17.6 Å². The number of aromatic nitrogens is 2. The fourth-order valence-electron chi connectivity index (χ4n) is 1.65. The summed E-state index contributed by atoms with van der Waals surface area (Å²) in [5.74, 6) is -1.35. The lowest BCUT2D eigenvalue weighted by Crippen LogP contribution is -2.14. The van der Waals surface area contributed by atoms with Crippen molar-refractivity contribution in [1.29, 1.82) is 0 Å². The molecule has 5 nitrogen and oxygen atoms in total. The highest BCUT2D eigenvalue weighted by Gasteiger charge is 2.29. The number of aromatic amines is 1. The van der Waals surface area contributed by atoms with Gasteiger partial charge < -0.3 is 10.1 Å². The Morgan fingerprint density at radius 1 is 1.69 bits per heavy atom. The van der Waals surface area contributed by atoms with Gasteiger partial charge in [0.1, 0.15) is 0 Å². The van der Waals surface area contributed by atoms with E-state index in [-0.39, 0.29) is 0 Å². The molecule has 0 saturated heterocycles. The van der Waals surface area contributed by atoms with Crippen LogP contribution in [0.4, 0.5) is 0 Å². The number of carboxylic acids is 1. The van der Waals surface area contributed by atoms with E-state index >= 15 is 0 Å². The zero-order valence-corrected chi connectivity index (χ0v) is 6.78. The van der Waals surface area contributed by atoms with Crippen molar-refractivity contribution >= 4 is 5.97 Å². The summed E-state index contributed by atoms with van der Waals surface area (Å²) in [6.07, 6.45) is 2.52. The molecule has 1 heterocycles. The van der Waals surface area contributed by atoms with Gasteiger partial charge in [0, 0.05) is 17.5 Å². The van der Waals surface area contributed by atoms with Crippen molar-refractivity contribution < 1.29 is 9.90 Å². The zero-order chi connectivity index (χ0) is 9.42. The van der Waals surface area contributed by atoms with Gasteiger partial charge in [-0.25, -0.2) is 9.78 Å². The molecule has 2 rings (SSSR count). The molecule has 0 fully saturated rings. The van der Waals surface area contributed by atoms with Gasteiger partial charge in [0.15, 0.2) is 0 Å². The van der Waals surface area contributed by atoms with Crippen LogP contribution < -0.4 is 5.69 Å². The van der Waals surface area contributed by atoms with Crippen molar-refractivity contribution in [3.05, 3.63) is 27.9 Å². The lowest BCUT2D eigenvalue weighted by atomic mass is 10.1. The number of nitrogens with zero attached hydrogens (tertiary/aromatic N) is 1. The summed E-state index contributed by atoms with van der Waals surface area (Å²) in [5, 5.41) is 8.81. The molecule has 1 aromatic rings. The Labute approximate surface area is 73.4 Å². The number of rotatable bonds is 1. The van der Waals surface area contributed by atoms with Gasteiger partial charge in [0.25, 0.3) is 0 Å². The predicted molar refractivity (Wildman–Crippen MR) is 43.6 cm³/mol. The summed E-state index contributed by atoms with van der Waals surface area (Å²) < 4.78 is 0. The summed E-state index contributed by atoms with van der Waals surface area (Å²) in [5.41, 5.74) is 0.948. The minimum Gasteiger partial charge on any atom is -0.481 e. The Bertz CT molecular complexity index is 410. The second-order valence-electron chi connectivity index (χ2n) is 3.05. The van der Waals surface area contributed by atoms with Crippen LogP contribution in [0.15, 0.2) is 11.0 Å². The maximum Gasteiger partial charge on any atom is 0.345 e. The smallest absolute Gasteiger partial charge is 0.345 e. The number of H-pyrrole nitrogens is 1. The van der Waals surface area contributed by atoms with Crippen molar-refractivity contribution in [3.63, 3.8) is 0 Å². The third kappa shape index (κ3) is 1.22. The number of aryl methyl sites for hydroxylation is 1. The molecule has 0 aliphatic heterocycles. The molecule has 68 valence electrons. The summed E-state index contributed by atoms with van der Waals surface area (Å²) in [7, 11) is 0. The molecule has 0 saturated carbocycles. The maximum atomic E-state index is 10.8. The molecule has 0 bridgehead atoms. The Balaban J connectivity index is 2.49. The Morgan fingerprint density at radius 2 is 2.46 bits per heavy atom. The van der Waals surface area contributed by atoms with E-state index in [1.165, 1.54) is 6.20 Å². The summed E-state index contributed by atoms with van der Waals surface area (Å²) in [6, 6.07) is 0. The van der Waals surface area contributed by atoms with Gasteiger partial charge in [-0.2, -0.15) is 0 Å². The summed E-state index contributed by atoms with van der Waals surface area (Å²) >= 11 is 0. The molecule has 2 N–H and O–H groups in total. The predicted octanol–water partition coefficient (Wildman–Crippen LogP) is -0.116. The first-order valence-electron chi connectivity index (χ1n) is 3.99. The summed E-state index contributed by atoms with van der Waals surface area (Å²) in [6.45, 7) is 0. The quantitative estimate of drug-likeness (QED) is 0.631. The number of aliphatic carboxylic acids is 1. The second-order valence-corrected chi connectivity index (χ2v) is 3.05. The van der Waals surface area contributed by atoms with Gasteiger partial charge in [-0.1, -0.05) is 0 Å². The summed E-state index contributed by atoms with van der Waals surface area (Å²) in [4.78, 5) is 27.6. The number of carbonyl (C=O) groups is 1. The van der Waals surface area contributed by atoms with Gasteiger partial charge in [0.05, 0.1) is 5.92 Å². The molecule has 1 unspecified atom stereocenters. The Kier molecular flexibility index (Phi) is 1.65. The first-order valence-corrected chi connectivity index (χ1v) is 3.99. The molecular weight excluding hydrogens is 172 g/mol. The molecule has 0 spiro atoms. The van der Waals surface area contributed by atoms with Crippen LogP contribution >= 0.6 is 0 Å². The number of fused-ring (bicyclic) bond motifs is 1. The Hall–Kier alpha value is -1.65. The van der Waals surface area contributed by atoms with Crippen molar-refractivity contribution in [2.75, 3.05) is 0 Å². The topological polar surface area (TPSA) is 83.0 Å². The highest BCUT2D eigenvalue weighted by Crippen LogP contribution is 2.30. The van der Waals surface area contributed by atoms with Crippen LogP contribution in [-0.4, -0.2) is 21.0 Å². The van der Waals surface area contributed by atoms with Gasteiger partial charge in [-0.15, -0.1) is 0 Å². The highest BCUT2D eigenvalue weighted by molar-refractivity contribution is 5.77. The minimum atomic E-state index is -0.854. The molecule has 5 heteroatoms. The number of hydrogen-bond acceptors (Lipinski definition) is 3. The molecule has 1 aromatic heterocycles. The standard InChI is InChI=1S/C8H8N2O3/c11-7(12)4-1-2-6-5(4)3-9-8(13)10-6/h3-4H,1-2H2,(H,11,12)(H,9,10,13). The first-order chi connectivity index (χ1) is 6.18. The lowest BCUT2D eigenvalue weighted by Gasteiger charge is -2.02. The van der Waals surface area contributed by atoms with E-state index in [9.17, 15) is 9.59 Å². The fourth-order valence-corrected chi connectivity index (χ4v) is 1.65. The maximum absolute atomic E-state index is 10.8. The number of hydrogen-bond donors (Lipinski definition) is 2. The van der Waals surface area contributed by atoms with Crippen molar-refractivity contribution in [3.8, 4) is 0 Å². The van der Waals surface area contributed by atoms with Gasteiger partial charge in [-0.3, -0.25) is 4.79 Å². The van der Waals surface area contributed by atoms with Crippen LogP contribution in [0.5, 0.6) is 0 Å². The zero-order valence-electron chi connectivity index (χ0n) is 6.78. The van der Waals surface area contributed by atoms with E-state index in [2.05, 4.69) is 9.97 Å². The SMILES string of the molecule is O=C(O)C1CCc2[nH]c(=O)ncc21. The largest absolute Gasteiger partial charge is 0.481 e. The van der Waals surface area contributed by atoms with Gasteiger partial charge >= 0.3 is 11.7 Å². The minimum absolute atomic E-state index is 0.412. The van der Waals surface area contributed by atoms with Gasteiger partial charge in [-0.05, 0) is 12.8 Å². The van der Waals surface area contributed by atoms with E-state index in [0.29, 0.717) is 24.1 Å². The van der Waals surface area contributed by atoms with Crippen molar-refractivity contribution in [2.24, 2.45) is 0 Å². The van der Waals surface area contributed by atoms with E-state index in [1.54, 1.807) is 0 Å². The van der Waals surface area contributed by atoms with E-state index in [0.717, 1.165) is 0 Å².